The number of ether oxygens (including phenoxy) is 1. The molecule has 0 aromatic heterocycles. The van der Waals surface area contributed by atoms with Crippen LogP contribution in [0.2, 0.25) is 0 Å². The minimum Gasteiger partial charge on any atom is -0.462 e. The van der Waals surface area contributed by atoms with Crippen LogP contribution >= 0.6 is 0 Å². The lowest BCUT2D eigenvalue weighted by atomic mass is 9.96. The summed E-state index contributed by atoms with van der Waals surface area (Å²) >= 11 is 0. The molecular weight excluding hydrogens is 176 g/mol. The highest BCUT2D eigenvalue weighted by atomic mass is 16.5. The fourth-order valence-electron chi connectivity index (χ4n) is 2.98. The predicted molar refractivity (Wildman–Crippen MR) is 54.7 cm³/mol. The standard InChI is InChI=1S/C12H18O2/c1-7(2)9-5-11(14-8(3)13)12(4)6-10(9)12/h9-11H,1,5-6H2,2-4H3. The van der Waals surface area contributed by atoms with E-state index in [2.05, 4.69) is 20.4 Å². The average Bonchev–Trinajstić information content (AvgIpc) is 2.64. The van der Waals surface area contributed by atoms with E-state index >= 15 is 0 Å². The number of hydrogen-bond donors (Lipinski definition) is 0. The van der Waals surface area contributed by atoms with E-state index in [1.807, 2.05) is 0 Å². The zero-order chi connectivity index (χ0) is 10.5. The highest BCUT2D eigenvalue weighted by molar-refractivity contribution is 5.66. The van der Waals surface area contributed by atoms with Crippen LogP contribution in [0.5, 0.6) is 0 Å². The number of carbonyl (C=O) groups excluding carboxylic acids is 1. The maximum absolute atomic E-state index is 10.9. The number of fused-ring (bicyclic) bond motifs is 1. The van der Waals surface area contributed by atoms with E-state index in [-0.39, 0.29) is 17.5 Å². The van der Waals surface area contributed by atoms with Crippen molar-refractivity contribution in [1.29, 1.82) is 0 Å². The van der Waals surface area contributed by atoms with Crippen LogP contribution in [-0.2, 0) is 9.53 Å². The third-order valence-electron chi connectivity index (χ3n) is 3.98. The maximum atomic E-state index is 10.9. The van der Waals surface area contributed by atoms with E-state index < -0.39 is 0 Å². The maximum Gasteiger partial charge on any atom is 0.302 e. The Morgan fingerprint density at radius 2 is 2.14 bits per heavy atom. The molecule has 4 atom stereocenters. The minimum absolute atomic E-state index is 0.131. The Morgan fingerprint density at radius 3 is 2.57 bits per heavy atom. The van der Waals surface area contributed by atoms with Gasteiger partial charge in [0.05, 0.1) is 0 Å². The number of allylic oxidation sites excluding steroid dienone is 1. The normalized spacial score (nSPS) is 44.4. The summed E-state index contributed by atoms with van der Waals surface area (Å²) in [6, 6.07) is 0. The molecule has 4 unspecified atom stereocenters. The molecule has 2 fully saturated rings. The van der Waals surface area contributed by atoms with Crippen LogP contribution in [0.25, 0.3) is 0 Å². The lowest BCUT2D eigenvalue weighted by Gasteiger charge is -2.19. The number of rotatable bonds is 2. The molecule has 2 saturated carbocycles. The summed E-state index contributed by atoms with van der Waals surface area (Å²) < 4.78 is 5.37. The van der Waals surface area contributed by atoms with Crippen LogP contribution < -0.4 is 0 Å². The van der Waals surface area contributed by atoms with Gasteiger partial charge in [-0.25, -0.2) is 0 Å². The molecular formula is C12H18O2. The smallest absolute Gasteiger partial charge is 0.302 e. The van der Waals surface area contributed by atoms with Crippen molar-refractivity contribution in [2.24, 2.45) is 17.3 Å². The Morgan fingerprint density at radius 1 is 1.50 bits per heavy atom. The SMILES string of the molecule is C=C(C)C1CC(OC(C)=O)C2(C)CC12. The van der Waals surface area contributed by atoms with E-state index in [4.69, 9.17) is 4.74 Å². The lowest BCUT2D eigenvalue weighted by molar-refractivity contribution is -0.149. The number of carbonyl (C=O) groups is 1. The Balaban J connectivity index is 2.08. The molecule has 14 heavy (non-hydrogen) atoms. The van der Waals surface area contributed by atoms with Gasteiger partial charge in [0.25, 0.3) is 0 Å². The van der Waals surface area contributed by atoms with Crippen LogP contribution in [-0.4, -0.2) is 12.1 Å². The highest BCUT2D eigenvalue weighted by Gasteiger charge is 2.65. The van der Waals surface area contributed by atoms with Crippen molar-refractivity contribution in [2.45, 2.75) is 39.7 Å². The molecule has 78 valence electrons. The first kappa shape index (κ1) is 9.75. The van der Waals surface area contributed by atoms with Crippen molar-refractivity contribution in [1.82, 2.24) is 0 Å². The van der Waals surface area contributed by atoms with E-state index in [0.29, 0.717) is 11.8 Å². The van der Waals surface area contributed by atoms with E-state index in [0.717, 1.165) is 6.42 Å². The lowest BCUT2D eigenvalue weighted by Crippen LogP contribution is -2.23. The first-order valence-electron chi connectivity index (χ1n) is 5.28. The second kappa shape index (κ2) is 2.85. The average molecular weight is 194 g/mol. The molecule has 2 aliphatic carbocycles. The molecule has 0 radical (unpaired) electrons. The highest BCUT2D eigenvalue weighted by Crippen LogP contribution is 2.67. The van der Waals surface area contributed by atoms with Crippen molar-refractivity contribution >= 4 is 5.97 Å². The van der Waals surface area contributed by atoms with Gasteiger partial charge in [-0.05, 0) is 31.6 Å². The summed E-state index contributed by atoms with van der Waals surface area (Å²) in [5.41, 5.74) is 1.50. The van der Waals surface area contributed by atoms with Crippen molar-refractivity contribution in [3.8, 4) is 0 Å². The molecule has 0 amide bonds. The van der Waals surface area contributed by atoms with Gasteiger partial charge in [0, 0.05) is 12.3 Å². The van der Waals surface area contributed by atoms with E-state index in [1.54, 1.807) is 0 Å². The molecule has 2 heteroatoms. The summed E-state index contributed by atoms with van der Waals surface area (Å²) in [5.74, 6) is 1.14. The van der Waals surface area contributed by atoms with Gasteiger partial charge in [0.2, 0.25) is 0 Å². The van der Waals surface area contributed by atoms with Crippen LogP contribution in [0, 0.1) is 17.3 Å². The summed E-state index contributed by atoms with van der Waals surface area (Å²) in [4.78, 5) is 10.9. The van der Waals surface area contributed by atoms with Gasteiger partial charge in [-0.2, -0.15) is 0 Å². The molecule has 0 aromatic rings. The van der Waals surface area contributed by atoms with Gasteiger partial charge < -0.3 is 4.74 Å². The van der Waals surface area contributed by atoms with Gasteiger partial charge >= 0.3 is 5.97 Å². The van der Waals surface area contributed by atoms with Crippen molar-refractivity contribution < 1.29 is 9.53 Å². The third kappa shape index (κ3) is 1.28. The van der Waals surface area contributed by atoms with Gasteiger partial charge in [-0.15, -0.1) is 0 Å². The summed E-state index contributed by atoms with van der Waals surface area (Å²) in [6.45, 7) is 9.83. The first-order valence-corrected chi connectivity index (χ1v) is 5.28. The number of esters is 1. The monoisotopic (exact) mass is 194 g/mol. The Hall–Kier alpha value is -0.790. The Labute approximate surface area is 85.3 Å². The van der Waals surface area contributed by atoms with E-state index in [1.165, 1.54) is 18.9 Å². The summed E-state index contributed by atoms with van der Waals surface area (Å²) in [5, 5.41) is 0. The zero-order valence-corrected chi connectivity index (χ0v) is 9.17. The molecule has 2 nitrogen and oxygen atoms in total. The predicted octanol–water partition coefficient (Wildman–Crippen LogP) is 2.54. The molecule has 0 bridgehead atoms. The molecule has 0 aliphatic heterocycles. The summed E-state index contributed by atoms with van der Waals surface area (Å²) in [7, 11) is 0. The second-order valence-electron chi connectivity index (χ2n) is 5.10. The number of hydrogen-bond acceptors (Lipinski definition) is 2. The van der Waals surface area contributed by atoms with Crippen molar-refractivity contribution in [3.05, 3.63) is 12.2 Å². The molecule has 2 aliphatic rings. The first-order chi connectivity index (χ1) is 6.45. The minimum atomic E-state index is -0.149. The van der Waals surface area contributed by atoms with Gasteiger partial charge in [0.1, 0.15) is 6.10 Å². The largest absolute Gasteiger partial charge is 0.462 e. The van der Waals surface area contributed by atoms with Gasteiger partial charge in [-0.3, -0.25) is 4.79 Å². The quantitative estimate of drug-likeness (QED) is 0.499. The molecule has 2 rings (SSSR count). The summed E-state index contributed by atoms with van der Waals surface area (Å²) in [6.07, 6.45) is 2.31. The van der Waals surface area contributed by atoms with Gasteiger partial charge in [-0.1, -0.05) is 19.1 Å². The second-order valence-corrected chi connectivity index (χ2v) is 5.10. The van der Waals surface area contributed by atoms with Crippen LogP contribution in [0.15, 0.2) is 12.2 Å². The van der Waals surface area contributed by atoms with Crippen LogP contribution in [0.3, 0.4) is 0 Å². The topological polar surface area (TPSA) is 26.3 Å². The van der Waals surface area contributed by atoms with E-state index in [9.17, 15) is 4.79 Å². The van der Waals surface area contributed by atoms with Gasteiger partial charge in [0.15, 0.2) is 0 Å². The zero-order valence-electron chi connectivity index (χ0n) is 9.17. The molecule has 0 spiro atoms. The Kier molecular flexibility index (Phi) is 1.98. The molecule has 0 aromatic carbocycles. The molecule has 0 N–H and O–H groups in total. The Bertz CT molecular complexity index is 295. The van der Waals surface area contributed by atoms with Crippen LogP contribution in [0.4, 0.5) is 0 Å². The van der Waals surface area contributed by atoms with Crippen molar-refractivity contribution in [2.75, 3.05) is 0 Å². The van der Waals surface area contributed by atoms with Crippen LogP contribution in [0.1, 0.15) is 33.6 Å². The molecule has 0 heterocycles. The third-order valence-corrected chi connectivity index (χ3v) is 3.98. The van der Waals surface area contributed by atoms with Crippen molar-refractivity contribution in [3.63, 3.8) is 0 Å². The fraction of sp³-hybridized carbons (Fsp3) is 0.750. The molecule has 0 saturated heterocycles. The fourth-order valence-corrected chi connectivity index (χ4v) is 2.98.